The van der Waals surface area contributed by atoms with Crippen LogP contribution >= 0.6 is 0 Å². The number of anilines is 2. The first-order valence-electron chi connectivity index (χ1n) is 13.2. The number of benzene rings is 2. The van der Waals surface area contributed by atoms with Crippen LogP contribution in [0.1, 0.15) is 25.0 Å². The number of nitrogen functional groups attached to an aromatic ring is 1. The minimum absolute atomic E-state index is 0.194. The van der Waals surface area contributed by atoms with Crippen LogP contribution in [0.4, 0.5) is 16.2 Å². The number of amides is 2. The van der Waals surface area contributed by atoms with Gasteiger partial charge in [0.05, 0.1) is 6.17 Å². The Kier molecular flexibility index (Phi) is 20.8. The van der Waals surface area contributed by atoms with Crippen LogP contribution in [0.25, 0.3) is 0 Å². The number of urea groups is 1. The molecule has 2 aromatic rings. The second-order valence-corrected chi connectivity index (χ2v) is 20.2. The molecule has 0 heterocycles. The predicted octanol–water partition coefficient (Wildman–Crippen LogP) is 3.00. The van der Waals surface area contributed by atoms with Gasteiger partial charge in [0.15, 0.2) is 33.5 Å². The minimum atomic E-state index is -4.09. The van der Waals surface area contributed by atoms with Crippen molar-refractivity contribution in [1.82, 2.24) is 5.32 Å². The summed E-state index contributed by atoms with van der Waals surface area (Å²) in [6.07, 6.45) is 2.19. The number of hydrogen-bond acceptors (Lipinski definition) is 10. The maximum absolute atomic E-state index is 12.2. The monoisotopic (exact) mass is 639 g/mol. The third-order valence-corrected chi connectivity index (χ3v) is 12.8. The average Bonchev–Trinajstić information content (AvgIpc) is 2.92. The molecule has 0 aliphatic carbocycles. The number of aryl methyl sites for hydroxylation is 2. The largest absolute Gasteiger partial charge is 0.506 e. The summed E-state index contributed by atoms with van der Waals surface area (Å²) in [6, 6.07) is 14.8. The van der Waals surface area contributed by atoms with Gasteiger partial charge in [-0.3, -0.25) is 19.2 Å². The first-order valence-corrected chi connectivity index (χ1v) is 21.4. The summed E-state index contributed by atoms with van der Waals surface area (Å²) in [5.74, 6) is 0. The highest BCUT2D eigenvalue weighted by molar-refractivity contribution is 6.84. The molecule has 42 heavy (non-hydrogen) atoms. The first kappa shape index (κ1) is 40.8. The molecule has 0 saturated carbocycles. The number of rotatable bonds is 12. The molecule has 234 valence electrons. The van der Waals surface area contributed by atoms with Gasteiger partial charge in [-0.05, 0) is 81.0 Å². The van der Waals surface area contributed by atoms with Crippen LogP contribution in [0.2, 0.25) is 32.7 Å². The van der Waals surface area contributed by atoms with E-state index in [2.05, 4.69) is 10.6 Å². The molecule has 0 aliphatic heterocycles. The lowest BCUT2D eigenvalue weighted by atomic mass is 10.0. The third kappa shape index (κ3) is 22.4. The van der Waals surface area contributed by atoms with E-state index in [-0.39, 0.29) is 31.3 Å². The van der Waals surface area contributed by atoms with Gasteiger partial charge in [0.1, 0.15) is 0 Å². The molecule has 2 aromatic carbocycles. The Morgan fingerprint density at radius 2 is 1.17 bits per heavy atom. The van der Waals surface area contributed by atoms with E-state index in [1.54, 1.807) is 13.1 Å². The highest BCUT2D eigenvalue weighted by Crippen LogP contribution is 2.18. The Bertz CT molecular complexity index is 1050. The van der Waals surface area contributed by atoms with E-state index >= 15 is 0 Å². The molecule has 0 spiro atoms. The van der Waals surface area contributed by atoms with Gasteiger partial charge in [-0.25, -0.2) is 4.79 Å². The molecule has 0 atom stereocenters. The van der Waals surface area contributed by atoms with Crippen LogP contribution in [0.15, 0.2) is 48.5 Å². The van der Waals surface area contributed by atoms with Gasteiger partial charge in [-0.2, -0.15) is 0 Å². The molecule has 0 radical (unpaired) electrons. The summed E-state index contributed by atoms with van der Waals surface area (Å²) >= 11 is 0. The number of nitrogens with two attached hydrogens (primary N) is 1. The van der Waals surface area contributed by atoms with Crippen LogP contribution in [0.5, 0.6) is 0 Å². The number of hydrogen-bond donors (Lipinski definition) is 5. The smallest absolute Gasteiger partial charge is 0.437 e. The van der Waals surface area contributed by atoms with Gasteiger partial charge in [-0.1, -0.05) is 38.1 Å². The van der Waals surface area contributed by atoms with Crippen molar-refractivity contribution in [3.8, 4) is 0 Å². The molecule has 0 bridgehead atoms. The topological polar surface area (TPSA) is 194 Å². The van der Waals surface area contributed by atoms with Crippen molar-refractivity contribution in [3.05, 3.63) is 59.7 Å². The molecule has 6 N–H and O–H groups in total. The molecule has 2 amide bonds. The minimum Gasteiger partial charge on any atom is -0.437 e. The van der Waals surface area contributed by atoms with Crippen molar-refractivity contribution < 1.29 is 41.8 Å². The van der Waals surface area contributed by atoms with Gasteiger partial charge >= 0.3 is 23.4 Å². The molecule has 0 unspecified atom stereocenters. The molecular formula is C27H45N3O9Si3. The van der Waals surface area contributed by atoms with E-state index in [0.717, 1.165) is 24.1 Å². The van der Waals surface area contributed by atoms with Crippen molar-refractivity contribution in [2.45, 2.75) is 59.4 Å². The van der Waals surface area contributed by atoms with E-state index in [4.69, 9.17) is 33.1 Å². The van der Waals surface area contributed by atoms with Crippen LogP contribution in [0.3, 0.4) is 0 Å². The number of carbonyl (C=O) groups excluding carboxylic acids is 5. The Balaban J connectivity index is 0. The summed E-state index contributed by atoms with van der Waals surface area (Å²) in [4.78, 5) is 67.9. The van der Waals surface area contributed by atoms with Crippen molar-refractivity contribution >= 4 is 68.2 Å². The van der Waals surface area contributed by atoms with Crippen LogP contribution < -0.4 is 16.4 Å². The Labute approximate surface area is 251 Å². The van der Waals surface area contributed by atoms with Gasteiger partial charge < -0.3 is 34.2 Å². The fourth-order valence-corrected chi connectivity index (χ4v) is 13.6. The van der Waals surface area contributed by atoms with Gasteiger partial charge in [0, 0.05) is 11.4 Å². The Morgan fingerprint density at radius 1 is 0.762 bits per heavy atom. The van der Waals surface area contributed by atoms with Crippen molar-refractivity contribution in [2.75, 3.05) is 17.2 Å². The van der Waals surface area contributed by atoms with Gasteiger partial charge in [0.25, 0.3) is 0 Å². The van der Waals surface area contributed by atoms with Crippen LogP contribution in [0, 0.1) is 0 Å². The predicted molar refractivity (Wildman–Crippen MR) is 171 cm³/mol. The molecule has 15 heteroatoms. The van der Waals surface area contributed by atoms with Crippen molar-refractivity contribution in [1.29, 1.82) is 0 Å². The summed E-state index contributed by atoms with van der Waals surface area (Å²) in [5.41, 5.74) is 9.43. The zero-order chi connectivity index (χ0) is 32.8. The van der Waals surface area contributed by atoms with E-state index in [0.29, 0.717) is 5.69 Å². The summed E-state index contributed by atoms with van der Waals surface area (Å²) in [7, 11) is -8.70. The number of nitrogens with one attached hydrogen (secondary N) is 2. The normalized spacial score (nSPS) is 10.6. The standard InChI is InChI=1S/C21H35N3O5Si3.2C2H2O2.C2H6/c1-30(2,3)28-31(4,5)29-32(26,27)16-23-21(25)24-20-14-10-18(11-15-20)7-6-17-8-12-19(22)13-9-17;2*3-1-2-4;1-2/h8-15,26-27H,6-7,16,22H2,1-5H3,(H2,23,24,25);2*1-2H;1-2H3. The quantitative estimate of drug-likeness (QED) is 0.0997. The number of aldehydes is 4. The zero-order valence-corrected chi connectivity index (χ0v) is 28.4. The second kappa shape index (κ2) is 21.4. The number of carbonyl (C=O) groups is 5. The van der Waals surface area contributed by atoms with E-state index in [9.17, 15) is 14.4 Å². The van der Waals surface area contributed by atoms with E-state index in [1.807, 2.05) is 82.0 Å². The van der Waals surface area contributed by atoms with Crippen LogP contribution in [-0.4, -0.2) is 72.6 Å². The molecule has 0 aromatic heterocycles. The van der Waals surface area contributed by atoms with Crippen LogP contribution in [-0.2, 0) is 40.3 Å². The average molecular weight is 640 g/mol. The lowest BCUT2D eigenvalue weighted by molar-refractivity contribution is -0.122. The highest BCUT2D eigenvalue weighted by atomic mass is 28.5. The van der Waals surface area contributed by atoms with E-state index < -0.39 is 31.7 Å². The molecule has 0 saturated heterocycles. The SMILES string of the molecule is CC.C[Si](C)(C)O[Si](C)(C)O[Si](O)(O)CNC(=O)Nc1ccc(CCc2ccc(N)cc2)cc1.O=CC=O.O=CC=O. The molecule has 2 rings (SSSR count). The second-order valence-electron chi connectivity index (χ2n) is 9.75. The molecule has 0 fully saturated rings. The van der Waals surface area contributed by atoms with Crippen molar-refractivity contribution in [3.63, 3.8) is 0 Å². The summed E-state index contributed by atoms with van der Waals surface area (Å²) in [5, 5.41) is 5.17. The first-order chi connectivity index (χ1) is 19.6. The molecular weight excluding hydrogens is 595 g/mol. The third-order valence-electron chi connectivity index (χ3n) is 4.45. The Morgan fingerprint density at radius 3 is 1.55 bits per heavy atom. The summed E-state index contributed by atoms with van der Waals surface area (Å²) in [6.45, 7) is 13.6. The fourth-order valence-electron chi connectivity index (χ4n) is 3.29. The molecule has 12 nitrogen and oxygen atoms in total. The van der Waals surface area contributed by atoms with Gasteiger partial charge in [0.2, 0.25) is 0 Å². The van der Waals surface area contributed by atoms with Gasteiger partial charge in [-0.15, -0.1) is 0 Å². The Hall–Kier alpha value is -3.32. The fraction of sp³-hybridized carbons (Fsp3) is 0.370. The summed E-state index contributed by atoms with van der Waals surface area (Å²) < 4.78 is 11.5. The lowest BCUT2D eigenvalue weighted by Gasteiger charge is -2.34. The highest BCUT2D eigenvalue weighted by Gasteiger charge is 2.43. The molecule has 0 aliphatic rings. The lowest BCUT2D eigenvalue weighted by Crippen LogP contribution is -2.59. The van der Waals surface area contributed by atoms with Crippen molar-refractivity contribution in [2.24, 2.45) is 0 Å². The maximum Gasteiger partial charge on any atom is 0.506 e. The van der Waals surface area contributed by atoms with E-state index in [1.165, 1.54) is 5.56 Å². The zero-order valence-electron chi connectivity index (χ0n) is 25.4. The maximum atomic E-state index is 12.2.